The number of hydrogen-bond donors (Lipinski definition) is 1. The molecule has 1 heterocycles. The van der Waals surface area contributed by atoms with Crippen LogP contribution in [0.5, 0.6) is 5.75 Å². The Hall–Kier alpha value is -4.30. The van der Waals surface area contributed by atoms with Crippen molar-refractivity contribution >= 4 is 34.6 Å². The molecular formula is C30H23ClF3N3O2. The van der Waals surface area contributed by atoms with Crippen molar-refractivity contribution in [3.05, 3.63) is 125 Å². The van der Waals surface area contributed by atoms with Crippen LogP contribution in [0.25, 0.3) is 0 Å². The molecule has 0 aliphatic carbocycles. The summed E-state index contributed by atoms with van der Waals surface area (Å²) in [6.07, 6.45) is -4.93. The molecule has 4 aromatic rings. The number of anilines is 2. The predicted octanol–water partition coefficient (Wildman–Crippen LogP) is 7.76. The molecule has 1 atom stereocenters. The van der Waals surface area contributed by atoms with Crippen LogP contribution in [0.3, 0.4) is 0 Å². The van der Waals surface area contributed by atoms with Crippen molar-refractivity contribution in [1.82, 2.24) is 0 Å². The van der Waals surface area contributed by atoms with E-state index in [0.29, 0.717) is 22.5 Å². The predicted molar refractivity (Wildman–Crippen MR) is 146 cm³/mol. The first-order valence-electron chi connectivity index (χ1n) is 12.1. The Balaban J connectivity index is 1.45. The summed E-state index contributed by atoms with van der Waals surface area (Å²) in [4.78, 5) is 15.2. The molecule has 4 aromatic carbocycles. The normalized spacial score (nSPS) is 15.2. The maximum absolute atomic E-state index is 13.6. The van der Waals surface area contributed by atoms with Gasteiger partial charge in [-0.1, -0.05) is 66.2 Å². The Morgan fingerprint density at radius 3 is 2.21 bits per heavy atom. The van der Waals surface area contributed by atoms with Gasteiger partial charge in [-0.05, 0) is 59.7 Å². The number of phenolic OH excluding ortho intramolecular Hbond substituents is 1. The SMILES string of the molecule is O=C(c1ccc(C2CC(C(F)(F)F)=NN2c2ccccc2Cl)cc1)N(Cc1ccccc1)c1ccc(O)cc1. The monoisotopic (exact) mass is 549 g/mol. The second-order valence-corrected chi connectivity index (χ2v) is 9.48. The fraction of sp³-hybridized carbons (Fsp3) is 0.133. The summed E-state index contributed by atoms with van der Waals surface area (Å²) in [6.45, 7) is 0.290. The molecule has 1 aliphatic rings. The van der Waals surface area contributed by atoms with Crippen LogP contribution in [0, 0.1) is 0 Å². The molecule has 0 saturated carbocycles. The van der Waals surface area contributed by atoms with Crippen molar-refractivity contribution in [2.24, 2.45) is 5.10 Å². The lowest BCUT2D eigenvalue weighted by Gasteiger charge is -2.26. The maximum atomic E-state index is 13.6. The number of phenols is 1. The van der Waals surface area contributed by atoms with Gasteiger partial charge in [-0.2, -0.15) is 18.3 Å². The molecule has 0 radical (unpaired) electrons. The van der Waals surface area contributed by atoms with Gasteiger partial charge in [-0.25, -0.2) is 0 Å². The number of para-hydroxylation sites is 1. The lowest BCUT2D eigenvalue weighted by atomic mass is 9.99. The summed E-state index contributed by atoms with van der Waals surface area (Å²) < 4.78 is 40.8. The lowest BCUT2D eigenvalue weighted by molar-refractivity contribution is -0.0600. The van der Waals surface area contributed by atoms with Crippen LogP contribution in [0.2, 0.25) is 5.02 Å². The molecule has 39 heavy (non-hydrogen) atoms. The van der Waals surface area contributed by atoms with Gasteiger partial charge < -0.3 is 10.0 Å². The average Bonchev–Trinajstić information content (AvgIpc) is 3.39. The average molecular weight is 550 g/mol. The van der Waals surface area contributed by atoms with E-state index >= 15 is 0 Å². The fourth-order valence-electron chi connectivity index (χ4n) is 4.48. The number of halogens is 4. The van der Waals surface area contributed by atoms with Crippen molar-refractivity contribution in [3.8, 4) is 5.75 Å². The largest absolute Gasteiger partial charge is 0.508 e. The highest BCUT2D eigenvalue weighted by Gasteiger charge is 2.44. The van der Waals surface area contributed by atoms with Gasteiger partial charge in [-0.15, -0.1) is 0 Å². The Labute approximate surface area is 228 Å². The summed E-state index contributed by atoms with van der Waals surface area (Å²) in [5.41, 5.74) is 1.90. The summed E-state index contributed by atoms with van der Waals surface area (Å²) >= 11 is 6.30. The van der Waals surface area contributed by atoms with Crippen molar-refractivity contribution < 1.29 is 23.1 Å². The van der Waals surface area contributed by atoms with Crippen LogP contribution in [0.15, 0.2) is 108 Å². The Morgan fingerprint density at radius 2 is 1.56 bits per heavy atom. The third-order valence-electron chi connectivity index (χ3n) is 6.47. The molecule has 1 aliphatic heterocycles. The number of rotatable bonds is 6. The summed E-state index contributed by atoms with van der Waals surface area (Å²) in [6, 6.07) is 28.1. The Bertz CT molecular complexity index is 1490. The summed E-state index contributed by atoms with van der Waals surface area (Å²) in [5, 5.41) is 15.2. The number of hydrogen-bond acceptors (Lipinski definition) is 4. The first kappa shape index (κ1) is 26.3. The Kier molecular flexibility index (Phi) is 7.30. The highest BCUT2D eigenvalue weighted by molar-refractivity contribution is 6.33. The summed E-state index contributed by atoms with van der Waals surface area (Å²) in [7, 11) is 0. The Morgan fingerprint density at radius 1 is 0.923 bits per heavy atom. The molecule has 0 spiro atoms. The minimum atomic E-state index is -4.58. The minimum Gasteiger partial charge on any atom is -0.508 e. The van der Waals surface area contributed by atoms with E-state index in [9.17, 15) is 23.1 Å². The first-order chi connectivity index (χ1) is 18.7. The van der Waals surface area contributed by atoms with Crippen LogP contribution in [-0.2, 0) is 6.54 Å². The maximum Gasteiger partial charge on any atom is 0.431 e. The van der Waals surface area contributed by atoms with E-state index in [0.717, 1.165) is 5.56 Å². The molecule has 1 amide bonds. The van der Waals surface area contributed by atoms with E-state index in [-0.39, 0.29) is 29.6 Å². The van der Waals surface area contributed by atoms with Crippen LogP contribution < -0.4 is 9.91 Å². The van der Waals surface area contributed by atoms with E-state index in [2.05, 4.69) is 5.10 Å². The van der Waals surface area contributed by atoms with Crippen molar-refractivity contribution in [1.29, 1.82) is 0 Å². The van der Waals surface area contributed by atoms with Gasteiger partial charge >= 0.3 is 6.18 Å². The lowest BCUT2D eigenvalue weighted by Crippen LogP contribution is -2.30. The number of amides is 1. The zero-order valence-electron chi connectivity index (χ0n) is 20.5. The van der Waals surface area contributed by atoms with Crippen molar-refractivity contribution in [2.45, 2.75) is 25.2 Å². The van der Waals surface area contributed by atoms with Crippen molar-refractivity contribution in [3.63, 3.8) is 0 Å². The van der Waals surface area contributed by atoms with Crippen LogP contribution >= 0.6 is 11.6 Å². The molecule has 1 unspecified atom stereocenters. The third-order valence-corrected chi connectivity index (χ3v) is 6.79. The molecule has 198 valence electrons. The van der Waals surface area contributed by atoms with Gasteiger partial charge in [0.15, 0.2) is 0 Å². The van der Waals surface area contributed by atoms with E-state index in [1.807, 2.05) is 30.3 Å². The number of carbonyl (C=O) groups excluding carboxylic acids is 1. The zero-order valence-corrected chi connectivity index (χ0v) is 21.3. The highest BCUT2D eigenvalue weighted by atomic mass is 35.5. The van der Waals surface area contributed by atoms with Gasteiger partial charge in [0.05, 0.1) is 23.3 Å². The second-order valence-electron chi connectivity index (χ2n) is 9.08. The topological polar surface area (TPSA) is 56.1 Å². The van der Waals surface area contributed by atoms with Crippen LogP contribution in [0.4, 0.5) is 24.5 Å². The number of aromatic hydroxyl groups is 1. The van der Waals surface area contributed by atoms with Gasteiger partial charge in [0.2, 0.25) is 0 Å². The minimum absolute atomic E-state index is 0.0790. The highest BCUT2D eigenvalue weighted by Crippen LogP contribution is 2.41. The molecule has 0 aromatic heterocycles. The number of hydrazone groups is 1. The van der Waals surface area contributed by atoms with Crippen molar-refractivity contribution in [2.75, 3.05) is 9.91 Å². The quantitative estimate of drug-likeness (QED) is 0.267. The first-order valence-corrected chi connectivity index (χ1v) is 12.5. The standard InChI is InChI=1S/C30H23ClF3N3O2/c31-25-8-4-5-9-26(25)37-27(18-28(35-37)30(32,33)34)21-10-12-22(13-11-21)29(39)36(19-20-6-2-1-3-7-20)23-14-16-24(38)17-15-23/h1-17,27,38H,18-19H2. The molecule has 5 nitrogen and oxygen atoms in total. The molecule has 0 bridgehead atoms. The third kappa shape index (κ3) is 5.76. The van der Waals surface area contributed by atoms with Gasteiger partial charge in [-0.3, -0.25) is 9.80 Å². The van der Waals surface area contributed by atoms with Gasteiger partial charge in [0.1, 0.15) is 11.5 Å². The number of carbonyl (C=O) groups is 1. The van der Waals surface area contributed by atoms with E-state index in [1.165, 1.54) is 17.1 Å². The molecule has 1 N–H and O–H groups in total. The van der Waals surface area contributed by atoms with Crippen LogP contribution in [0.1, 0.15) is 33.9 Å². The van der Waals surface area contributed by atoms with Crippen LogP contribution in [-0.4, -0.2) is 22.9 Å². The second kappa shape index (κ2) is 10.8. The number of alkyl halides is 3. The smallest absolute Gasteiger partial charge is 0.431 e. The molecule has 9 heteroatoms. The van der Waals surface area contributed by atoms with E-state index < -0.39 is 17.9 Å². The molecule has 0 fully saturated rings. The van der Waals surface area contributed by atoms with E-state index in [4.69, 9.17) is 11.6 Å². The number of nitrogens with zero attached hydrogens (tertiary/aromatic N) is 3. The van der Waals surface area contributed by atoms with Gasteiger partial charge in [0, 0.05) is 17.7 Å². The molecule has 0 saturated heterocycles. The fourth-order valence-corrected chi connectivity index (χ4v) is 4.71. The summed E-state index contributed by atoms with van der Waals surface area (Å²) in [5.74, 6) is -0.215. The van der Waals surface area contributed by atoms with Gasteiger partial charge in [0.25, 0.3) is 5.91 Å². The molecule has 5 rings (SSSR count). The number of benzene rings is 4. The zero-order chi connectivity index (χ0) is 27.6. The van der Waals surface area contributed by atoms with E-state index in [1.54, 1.807) is 65.6 Å². The molecular weight excluding hydrogens is 527 g/mol.